The van der Waals surface area contributed by atoms with Crippen LogP contribution in [0.4, 0.5) is 0 Å². The molecule has 66 valence electrons. The van der Waals surface area contributed by atoms with Crippen LogP contribution >= 0.6 is 0 Å². The second kappa shape index (κ2) is 2.76. The van der Waals surface area contributed by atoms with Gasteiger partial charge in [-0.3, -0.25) is 9.79 Å². The quantitative estimate of drug-likeness (QED) is 0.550. The molecule has 0 aromatic rings. The lowest BCUT2D eigenvalue weighted by atomic mass is 9.98. The standard InChI is InChI=1S/C10H10N2O/c1-6-5-9-8(7(2)11-6)3-4-10(13)12-9/h3-4H,5H2,1-2H3. The van der Waals surface area contributed by atoms with Gasteiger partial charge in [0.1, 0.15) is 0 Å². The van der Waals surface area contributed by atoms with Gasteiger partial charge in [-0.2, -0.15) is 0 Å². The van der Waals surface area contributed by atoms with Crippen molar-refractivity contribution in [1.82, 2.24) is 0 Å². The zero-order chi connectivity index (χ0) is 9.42. The summed E-state index contributed by atoms with van der Waals surface area (Å²) >= 11 is 0. The van der Waals surface area contributed by atoms with Crippen LogP contribution in [-0.4, -0.2) is 17.3 Å². The summed E-state index contributed by atoms with van der Waals surface area (Å²) in [6.07, 6.45) is 3.98. The van der Waals surface area contributed by atoms with E-state index in [4.69, 9.17) is 0 Å². The first-order valence-corrected chi connectivity index (χ1v) is 4.22. The third kappa shape index (κ3) is 1.37. The van der Waals surface area contributed by atoms with Gasteiger partial charge in [-0.25, -0.2) is 4.99 Å². The molecule has 0 aromatic heterocycles. The predicted molar refractivity (Wildman–Crippen MR) is 52.0 cm³/mol. The molecule has 0 bridgehead atoms. The van der Waals surface area contributed by atoms with Gasteiger partial charge in [0, 0.05) is 29.5 Å². The third-order valence-corrected chi connectivity index (χ3v) is 2.12. The number of rotatable bonds is 0. The predicted octanol–water partition coefficient (Wildman–Crippen LogP) is 1.66. The van der Waals surface area contributed by atoms with Gasteiger partial charge in [0.05, 0.1) is 5.71 Å². The zero-order valence-corrected chi connectivity index (χ0v) is 7.66. The van der Waals surface area contributed by atoms with Crippen LogP contribution in [0, 0.1) is 0 Å². The Hall–Kier alpha value is -1.51. The Bertz CT molecular complexity index is 397. The second-order valence-corrected chi connectivity index (χ2v) is 3.25. The van der Waals surface area contributed by atoms with Crippen LogP contribution in [0.2, 0.25) is 0 Å². The van der Waals surface area contributed by atoms with E-state index in [1.54, 1.807) is 6.08 Å². The van der Waals surface area contributed by atoms with Crippen molar-refractivity contribution in [2.24, 2.45) is 9.98 Å². The van der Waals surface area contributed by atoms with Gasteiger partial charge in [-0.15, -0.1) is 0 Å². The van der Waals surface area contributed by atoms with Crippen LogP contribution in [0.25, 0.3) is 0 Å². The average Bonchev–Trinajstić information content (AvgIpc) is 2.02. The van der Waals surface area contributed by atoms with Gasteiger partial charge in [0.15, 0.2) is 0 Å². The van der Waals surface area contributed by atoms with E-state index in [9.17, 15) is 4.79 Å². The molecule has 0 saturated carbocycles. The van der Waals surface area contributed by atoms with E-state index in [1.807, 2.05) is 13.8 Å². The van der Waals surface area contributed by atoms with Crippen LogP contribution in [0.5, 0.6) is 0 Å². The van der Waals surface area contributed by atoms with Gasteiger partial charge >= 0.3 is 0 Å². The highest BCUT2D eigenvalue weighted by Gasteiger charge is 2.18. The van der Waals surface area contributed by atoms with Crippen LogP contribution in [-0.2, 0) is 4.79 Å². The lowest BCUT2D eigenvalue weighted by Gasteiger charge is -2.16. The molecule has 0 spiro atoms. The lowest BCUT2D eigenvalue weighted by Crippen LogP contribution is -2.17. The Morgan fingerprint density at radius 2 is 2.00 bits per heavy atom. The smallest absolute Gasteiger partial charge is 0.267 e. The summed E-state index contributed by atoms with van der Waals surface area (Å²) in [6.45, 7) is 3.89. The van der Waals surface area contributed by atoms with E-state index in [-0.39, 0.29) is 5.91 Å². The van der Waals surface area contributed by atoms with E-state index >= 15 is 0 Å². The van der Waals surface area contributed by atoms with Crippen molar-refractivity contribution in [2.45, 2.75) is 20.3 Å². The minimum absolute atomic E-state index is 0.166. The molecule has 2 aliphatic rings. The number of nitrogens with zero attached hydrogens (tertiary/aromatic N) is 2. The summed E-state index contributed by atoms with van der Waals surface area (Å²) in [5, 5.41) is 0. The summed E-state index contributed by atoms with van der Waals surface area (Å²) in [4.78, 5) is 19.3. The molecule has 2 rings (SSSR count). The van der Waals surface area contributed by atoms with Gasteiger partial charge in [0.25, 0.3) is 5.91 Å². The van der Waals surface area contributed by atoms with Gasteiger partial charge in [-0.05, 0) is 19.9 Å². The highest BCUT2D eigenvalue weighted by atomic mass is 16.1. The summed E-state index contributed by atoms with van der Waals surface area (Å²) in [5.41, 5.74) is 3.83. The first-order valence-electron chi connectivity index (χ1n) is 4.22. The summed E-state index contributed by atoms with van der Waals surface area (Å²) in [7, 11) is 0. The minimum atomic E-state index is -0.166. The van der Waals surface area contributed by atoms with E-state index in [0.717, 1.165) is 22.7 Å². The zero-order valence-electron chi connectivity index (χ0n) is 7.66. The fourth-order valence-electron chi connectivity index (χ4n) is 1.57. The van der Waals surface area contributed by atoms with Gasteiger partial charge < -0.3 is 0 Å². The maximum absolute atomic E-state index is 11.0. The number of carbonyl (C=O) groups excluding carboxylic acids is 1. The molecule has 0 unspecified atom stereocenters. The highest BCUT2D eigenvalue weighted by molar-refractivity contribution is 6.21. The topological polar surface area (TPSA) is 41.8 Å². The minimum Gasteiger partial charge on any atom is -0.267 e. The van der Waals surface area contributed by atoms with Gasteiger partial charge in [0.2, 0.25) is 0 Å². The number of aliphatic imine (C=N–C) groups is 2. The number of hydrogen-bond donors (Lipinski definition) is 0. The number of dihydropyridines is 1. The van der Waals surface area contributed by atoms with Crippen molar-refractivity contribution in [1.29, 1.82) is 0 Å². The van der Waals surface area contributed by atoms with Gasteiger partial charge in [-0.1, -0.05) is 0 Å². The molecule has 2 heterocycles. The molecule has 0 N–H and O–H groups in total. The molecule has 0 radical (unpaired) electrons. The van der Waals surface area contributed by atoms with Crippen LogP contribution in [0.3, 0.4) is 0 Å². The number of carbonyl (C=O) groups is 1. The largest absolute Gasteiger partial charge is 0.269 e. The Balaban J connectivity index is 2.52. The number of hydrogen-bond acceptors (Lipinski definition) is 2. The summed E-state index contributed by atoms with van der Waals surface area (Å²) in [6, 6.07) is 0. The average molecular weight is 174 g/mol. The van der Waals surface area contributed by atoms with Crippen molar-refractivity contribution in [3.63, 3.8) is 0 Å². The molecule has 0 aliphatic carbocycles. The molecule has 0 atom stereocenters. The number of allylic oxidation sites excluding steroid dienone is 3. The normalized spacial score (nSPS) is 21.2. The maximum Gasteiger partial charge on any atom is 0.269 e. The van der Waals surface area contributed by atoms with Crippen molar-refractivity contribution in [3.05, 3.63) is 23.4 Å². The molecular formula is C10H10N2O. The molecule has 0 saturated heterocycles. The van der Waals surface area contributed by atoms with Crippen molar-refractivity contribution >= 4 is 17.3 Å². The monoisotopic (exact) mass is 174 g/mol. The maximum atomic E-state index is 11.0. The van der Waals surface area contributed by atoms with E-state index < -0.39 is 0 Å². The Morgan fingerprint density at radius 3 is 2.77 bits per heavy atom. The fourth-order valence-corrected chi connectivity index (χ4v) is 1.57. The molecule has 0 fully saturated rings. The molecule has 13 heavy (non-hydrogen) atoms. The molecule has 3 nitrogen and oxygen atoms in total. The summed E-state index contributed by atoms with van der Waals surface area (Å²) in [5.74, 6) is -0.166. The van der Waals surface area contributed by atoms with Crippen LogP contribution in [0.1, 0.15) is 20.3 Å². The first-order chi connectivity index (χ1) is 6.16. The van der Waals surface area contributed by atoms with E-state index in [0.29, 0.717) is 6.42 Å². The fraction of sp³-hybridized carbons (Fsp3) is 0.300. The SMILES string of the molecule is CC1=NC(C)=C2C=CC(=O)N=C2C1. The number of amides is 1. The molecule has 3 heteroatoms. The highest BCUT2D eigenvalue weighted by Crippen LogP contribution is 2.21. The molecule has 1 amide bonds. The van der Waals surface area contributed by atoms with Crippen molar-refractivity contribution < 1.29 is 4.79 Å². The Morgan fingerprint density at radius 1 is 1.23 bits per heavy atom. The Labute approximate surface area is 76.6 Å². The van der Waals surface area contributed by atoms with E-state index in [1.165, 1.54) is 6.08 Å². The van der Waals surface area contributed by atoms with Crippen molar-refractivity contribution in [3.8, 4) is 0 Å². The van der Waals surface area contributed by atoms with Crippen LogP contribution < -0.4 is 0 Å². The van der Waals surface area contributed by atoms with Crippen molar-refractivity contribution in [2.75, 3.05) is 0 Å². The Kier molecular flexibility index (Phi) is 1.72. The second-order valence-electron chi connectivity index (χ2n) is 3.25. The van der Waals surface area contributed by atoms with Crippen LogP contribution in [0.15, 0.2) is 33.4 Å². The molecular weight excluding hydrogens is 164 g/mol. The lowest BCUT2D eigenvalue weighted by molar-refractivity contribution is -0.113. The van der Waals surface area contributed by atoms with E-state index in [2.05, 4.69) is 9.98 Å². The first kappa shape index (κ1) is 8.10. The third-order valence-electron chi connectivity index (χ3n) is 2.12. The molecule has 0 aromatic carbocycles. The molecule has 2 aliphatic heterocycles. The number of fused-ring (bicyclic) bond motifs is 1. The summed E-state index contributed by atoms with van der Waals surface area (Å²) < 4.78 is 0.